The Balaban J connectivity index is 2.83. The first-order valence-electron chi connectivity index (χ1n) is 5.65. The molecule has 8 heteroatoms. The number of amides is 2. The second-order valence-electron chi connectivity index (χ2n) is 4.00. The van der Waals surface area contributed by atoms with E-state index < -0.39 is 29.2 Å². The summed E-state index contributed by atoms with van der Waals surface area (Å²) in [5, 5.41) is 13.4. The van der Waals surface area contributed by atoms with E-state index in [1.165, 1.54) is 7.11 Å². The molecule has 1 atom stereocenters. The lowest BCUT2D eigenvalue weighted by molar-refractivity contribution is 0.0697. The van der Waals surface area contributed by atoms with Crippen LogP contribution < -0.4 is 10.6 Å². The predicted octanol–water partition coefficient (Wildman–Crippen LogP) is 1.82. The van der Waals surface area contributed by atoms with E-state index in [9.17, 15) is 18.4 Å². The van der Waals surface area contributed by atoms with E-state index in [0.29, 0.717) is 12.1 Å². The van der Waals surface area contributed by atoms with Crippen molar-refractivity contribution in [1.29, 1.82) is 0 Å². The average molecular weight is 288 g/mol. The summed E-state index contributed by atoms with van der Waals surface area (Å²) in [7, 11) is 1.46. The van der Waals surface area contributed by atoms with Crippen molar-refractivity contribution in [3.8, 4) is 0 Å². The highest BCUT2D eigenvalue weighted by Gasteiger charge is 2.17. The minimum atomic E-state index is -1.48. The third-order valence-electron chi connectivity index (χ3n) is 2.49. The molecule has 20 heavy (non-hydrogen) atoms. The molecule has 6 nitrogen and oxygen atoms in total. The number of hydrogen-bond donors (Lipinski definition) is 3. The highest BCUT2D eigenvalue weighted by molar-refractivity contribution is 6.00. The quantitative estimate of drug-likeness (QED) is 0.771. The normalized spacial score (nSPS) is 11.8. The molecule has 0 aliphatic carbocycles. The van der Waals surface area contributed by atoms with Gasteiger partial charge in [-0.05, 0) is 13.0 Å². The number of carbonyl (C=O) groups excluding carboxylic acids is 1. The molecule has 0 aliphatic rings. The molecule has 0 saturated heterocycles. The van der Waals surface area contributed by atoms with E-state index in [1.807, 2.05) is 0 Å². The fraction of sp³-hybridized carbons (Fsp3) is 0.333. The van der Waals surface area contributed by atoms with Gasteiger partial charge in [-0.1, -0.05) is 0 Å². The molecular formula is C12H14F2N2O4. The van der Waals surface area contributed by atoms with E-state index in [-0.39, 0.29) is 18.3 Å². The maximum Gasteiger partial charge on any atom is 0.337 e. The number of benzene rings is 1. The number of carbonyl (C=O) groups is 2. The third kappa shape index (κ3) is 4.16. The fourth-order valence-electron chi connectivity index (χ4n) is 1.31. The average Bonchev–Trinajstić information content (AvgIpc) is 2.39. The van der Waals surface area contributed by atoms with E-state index >= 15 is 0 Å². The SMILES string of the molecule is COC(C)CNC(=O)Nc1cc(F)c(F)cc1C(=O)O. The molecule has 0 fully saturated rings. The number of anilines is 1. The van der Waals surface area contributed by atoms with Gasteiger partial charge in [0.25, 0.3) is 0 Å². The Kier molecular flexibility index (Phi) is 5.39. The number of hydrogen-bond acceptors (Lipinski definition) is 3. The predicted molar refractivity (Wildman–Crippen MR) is 66.8 cm³/mol. The molecule has 1 unspecified atom stereocenters. The van der Waals surface area contributed by atoms with E-state index in [2.05, 4.69) is 10.6 Å². The van der Waals surface area contributed by atoms with Gasteiger partial charge in [-0.15, -0.1) is 0 Å². The van der Waals surface area contributed by atoms with Gasteiger partial charge in [0.05, 0.1) is 17.4 Å². The highest BCUT2D eigenvalue weighted by atomic mass is 19.2. The Hall–Kier alpha value is -2.22. The molecule has 0 aromatic heterocycles. The van der Waals surface area contributed by atoms with Crippen LogP contribution in [-0.2, 0) is 4.74 Å². The number of ether oxygens (including phenoxy) is 1. The van der Waals surface area contributed by atoms with E-state index in [0.717, 1.165) is 0 Å². The molecule has 0 radical (unpaired) electrons. The van der Waals surface area contributed by atoms with Gasteiger partial charge < -0.3 is 20.5 Å². The van der Waals surface area contributed by atoms with Crippen molar-refractivity contribution in [2.24, 2.45) is 0 Å². The van der Waals surface area contributed by atoms with Crippen molar-refractivity contribution in [2.45, 2.75) is 13.0 Å². The second-order valence-corrected chi connectivity index (χ2v) is 4.00. The maximum absolute atomic E-state index is 13.1. The first-order valence-corrected chi connectivity index (χ1v) is 5.65. The van der Waals surface area contributed by atoms with E-state index in [1.54, 1.807) is 6.92 Å². The van der Waals surface area contributed by atoms with Gasteiger partial charge in [0.15, 0.2) is 11.6 Å². The van der Waals surface area contributed by atoms with E-state index in [4.69, 9.17) is 9.84 Å². The summed E-state index contributed by atoms with van der Waals surface area (Å²) in [6.45, 7) is 1.88. The van der Waals surface area contributed by atoms with Crippen molar-refractivity contribution >= 4 is 17.7 Å². The number of carboxylic acids is 1. The maximum atomic E-state index is 13.1. The summed E-state index contributed by atoms with van der Waals surface area (Å²) in [5.74, 6) is -4.04. The zero-order valence-electron chi connectivity index (χ0n) is 10.9. The van der Waals surface area contributed by atoms with Crippen LogP contribution in [0, 0.1) is 11.6 Å². The van der Waals surface area contributed by atoms with Gasteiger partial charge in [-0.2, -0.15) is 0 Å². The lowest BCUT2D eigenvalue weighted by Gasteiger charge is -2.13. The number of halogens is 2. The van der Waals surface area contributed by atoms with Gasteiger partial charge in [0.2, 0.25) is 0 Å². The van der Waals surface area contributed by atoms with Crippen molar-refractivity contribution in [3.05, 3.63) is 29.3 Å². The lowest BCUT2D eigenvalue weighted by atomic mass is 10.1. The lowest BCUT2D eigenvalue weighted by Crippen LogP contribution is -2.35. The van der Waals surface area contributed by atoms with Gasteiger partial charge in [-0.25, -0.2) is 18.4 Å². The molecule has 0 aliphatic heterocycles. The van der Waals surface area contributed by atoms with Gasteiger partial charge >= 0.3 is 12.0 Å². The number of nitrogens with one attached hydrogen (secondary N) is 2. The van der Waals surface area contributed by atoms with Crippen molar-refractivity contribution in [2.75, 3.05) is 19.0 Å². The number of aromatic carboxylic acids is 1. The van der Waals surface area contributed by atoms with Crippen LogP contribution >= 0.6 is 0 Å². The molecule has 2 amide bonds. The summed E-state index contributed by atoms with van der Waals surface area (Å²) >= 11 is 0. The zero-order chi connectivity index (χ0) is 15.3. The van der Waals surface area contributed by atoms with Crippen molar-refractivity contribution < 1.29 is 28.2 Å². The summed E-state index contributed by atoms with van der Waals surface area (Å²) in [5.41, 5.74) is -0.877. The van der Waals surface area contributed by atoms with Crippen LogP contribution in [0.3, 0.4) is 0 Å². The number of rotatable bonds is 5. The van der Waals surface area contributed by atoms with Crippen LogP contribution in [0.2, 0.25) is 0 Å². The Morgan fingerprint density at radius 1 is 1.35 bits per heavy atom. The third-order valence-corrected chi connectivity index (χ3v) is 2.49. The standard InChI is InChI=1S/C12H14F2N2O4/c1-6(20-2)5-15-12(19)16-10-4-9(14)8(13)3-7(10)11(17)18/h3-4,6H,5H2,1-2H3,(H,17,18)(H2,15,16,19). The smallest absolute Gasteiger partial charge is 0.337 e. The first-order chi connectivity index (χ1) is 9.35. The van der Waals surface area contributed by atoms with Crippen LogP contribution in [0.1, 0.15) is 17.3 Å². The number of carboxylic acid groups (broad SMARTS) is 1. The largest absolute Gasteiger partial charge is 0.478 e. The monoisotopic (exact) mass is 288 g/mol. The molecular weight excluding hydrogens is 274 g/mol. The van der Waals surface area contributed by atoms with Crippen LogP contribution in [0.25, 0.3) is 0 Å². The number of methoxy groups -OCH3 is 1. The van der Waals surface area contributed by atoms with Crippen LogP contribution in [-0.4, -0.2) is 36.9 Å². The summed E-state index contributed by atoms with van der Waals surface area (Å²) in [4.78, 5) is 22.4. The molecule has 110 valence electrons. The zero-order valence-corrected chi connectivity index (χ0v) is 10.9. The fourth-order valence-corrected chi connectivity index (χ4v) is 1.31. The Bertz CT molecular complexity index is 522. The number of urea groups is 1. The van der Waals surface area contributed by atoms with Gasteiger partial charge in [-0.3, -0.25) is 0 Å². The Morgan fingerprint density at radius 2 is 1.95 bits per heavy atom. The minimum absolute atomic E-state index is 0.175. The molecule has 1 aromatic carbocycles. The summed E-state index contributed by atoms with van der Waals surface area (Å²) in [6.07, 6.45) is -0.246. The topological polar surface area (TPSA) is 87.7 Å². The van der Waals surface area contributed by atoms with Gasteiger partial charge in [0.1, 0.15) is 0 Å². The van der Waals surface area contributed by atoms with Crippen LogP contribution in [0.5, 0.6) is 0 Å². The second kappa shape index (κ2) is 6.80. The van der Waals surface area contributed by atoms with Gasteiger partial charge in [0, 0.05) is 19.7 Å². The Morgan fingerprint density at radius 3 is 2.50 bits per heavy atom. The molecule has 0 saturated carbocycles. The van der Waals surface area contributed by atoms with Crippen LogP contribution in [0.15, 0.2) is 12.1 Å². The summed E-state index contributed by atoms with van der Waals surface area (Å²) < 4.78 is 31.0. The summed E-state index contributed by atoms with van der Waals surface area (Å²) in [6, 6.07) is 0.366. The highest BCUT2D eigenvalue weighted by Crippen LogP contribution is 2.20. The molecule has 0 bridgehead atoms. The van der Waals surface area contributed by atoms with Crippen molar-refractivity contribution in [3.63, 3.8) is 0 Å². The molecule has 3 N–H and O–H groups in total. The molecule has 1 aromatic rings. The first kappa shape index (κ1) is 15.8. The molecule has 0 heterocycles. The minimum Gasteiger partial charge on any atom is -0.478 e. The van der Waals surface area contributed by atoms with Crippen LogP contribution in [0.4, 0.5) is 19.3 Å². The Labute approximate surface area is 113 Å². The molecule has 0 spiro atoms. The van der Waals surface area contributed by atoms with Crippen molar-refractivity contribution in [1.82, 2.24) is 5.32 Å². The molecule has 1 rings (SSSR count).